The highest BCUT2D eigenvalue weighted by molar-refractivity contribution is 6.09. The number of halogens is 1. The lowest BCUT2D eigenvalue weighted by Crippen LogP contribution is -2.09. The van der Waals surface area contributed by atoms with E-state index < -0.39 is 0 Å². The molecule has 0 unspecified atom stereocenters. The molecule has 2 heteroatoms. The van der Waals surface area contributed by atoms with Crippen LogP contribution in [-0.2, 0) is 0 Å². The molecule has 1 nitrogen and oxygen atoms in total. The van der Waals surface area contributed by atoms with Crippen molar-refractivity contribution in [2.45, 2.75) is 0 Å². The SMILES string of the molecule is Fc1ccccc1-c1cccc2cccc(-c3ccc(N(c4ccc(-c5ccccc5)cc4)c4ccc(-c5ccc6c(ccc7ccccc76)c5)cc4)cc3)c12. The quantitative estimate of drug-likeness (QED) is 0.148. The van der Waals surface area contributed by atoms with Gasteiger partial charge in [0.05, 0.1) is 0 Å². The first-order valence-electron chi connectivity index (χ1n) is 19.0. The summed E-state index contributed by atoms with van der Waals surface area (Å²) in [6.07, 6.45) is 0. The zero-order chi connectivity index (χ0) is 37.4. The molecular formula is C54H36FN. The summed E-state index contributed by atoms with van der Waals surface area (Å²) in [6.45, 7) is 0. The molecule has 56 heavy (non-hydrogen) atoms. The summed E-state index contributed by atoms with van der Waals surface area (Å²) in [6, 6.07) is 76.1. The van der Waals surface area contributed by atoms with Gasteiger partial charge in [-0.15, -0.1) is 0 Å². The van der Waals surface area contributed by atoms with Crippen LogP contribution in [0.3, 0.4) is 0 Å². The van der Waals surface area contributed by atoms with E-state index in [0.29, 0.717) is 5.56 Å². The summed E-state index contributed by atoms with van der Waals surface area (Å²) in [5.41, 5.74) is 11.5. The second kappa shape index (κ2) is 14.2. The van der Waals surface area contributed by atoms with Crippen molar-refractivity contribution in [2.75, 3.05) is 4.90 Å². The normalized spacial score (nSPS) is 11.3. The average Bonchev–Trinajstić information content (AvgIpc) is 3.27. The maximum atomic E-state index is 15.2. The third kappa shape index (κ3) is 6.08. The van der Waals surface area contributed by atoms with E-state index in [1.54, 1.807) is 6.07 Å². The van der Waals surface area contributed by atoms with Crippen molar-refractivity contribution in [2.24, 2.45) is 0 Å². The van der Waals surface area contributed by atoms with Crippen LogP contribution >= 0.6 is 0 Å². The van der Waals surface area contributed by atoms with Gasteiger partial charge in [-0.1, -0.05) is 170 Å². The standard InChI is InChI=1S/C54H36FN/c55-53-19-7-6-16-51(53)52-18-9-14-42-13-8-17-50(54(42)52)41-26-33-47(34-27-41)56(45-29-22-38(23-30-45)37-10-2-1-3-11-37)46-31-24-39(25-32-46)43-28-35-49-44(36-43)21-20-40-12-4-5-15-48(40)49/h1-36H. The zero-order valence-corrected chi connectivity index (χ0v) is 30.6. The van der Waals surface area contributed by atoms with Crippen LogP contribution in [0.15, 0.2) is 218 Å². The van der Waals surface area contributed by atoms with Gasteiger partial charge in [0, 0.05) is 22.6 Å². The molecule has 0 saturated heterocycles. The summed E-state index contributed by atoms with van der Waals surface area (Å²) in [5, 5.41) is 7.15. The Morgan fingerprint density at radius 1 is 0.286 bits per heavy atom. The van der Waals surface area contributed by atoms with Crippen molar-refractivity contribution >= 4 is 49.4 Å². The summed E-state index contributed by atoms with van der Waals surface area (Å²) >= 11 is 0. The first kappa shape index (κ1) is 33.3. The van der Waals surface area contributed by atoms with Gasteiger partial charge in [-0.25, -0.2) is 4.39 Å². The van der Waals surface area contributed by atoms with E-state index in [1.165, 1.54) is 49.9 Å². The molecule has 10 aromatic carbocycles. The number of anilines is 3. The monoisotopic (exact) mass is 717 g/mol. The van der Waals surface area contributed by atoms with Crippen LogP contribution < -0.4 is 4.90 Å². The van der Waals surface area contributed by atoms with Crippen LogP contribution in [0.4, 0.5) is 21.5 Å². The van der Waals surface area contributed by atoms with Gasteiger partial charge in [0.15, 0.2) is 0 Å². The number of benzene rings is 10. The molecule has 0 bridgehead atoms. The minimum absolute atomic E-state index is 0.223. The molecule has 0 aromatic heterocycles. The predicted octanol–water partition coefficient (Wildman–Crippen LogP) is 15.4. The summed E-state index contributed by atoms with van der Waals surface area (Å²) in [7, 11) is 0. The van der Waals surface area contributed by atoms with E-state index in [1.807, 2.05) is 30.3 Å². The Morgan fingerprint density at radius 2 is 0.768 bits per heavy atom. The molecule has 0 heterocycles. The molecule has 10 aromatic rings. The van der Waals surface area contributed by atoms with Crippen LogP contribution in [-0.4, -0.2) is 0 Å². The van der Waals surface area contributed by atoms with Crippen molar-refractivity contribution in [3.05, 3.63) is 224 Å². The van der Waals surface area contributed by atoms with E-state index >= 15 is 4.39 Å². The average molecular weight is 718 g/mol. The maximum absolute atomic E-state index is 15.2. The molecule has 0 amide bonds. The fraction of sp³-hybridized carbons (Fsp3) is 0. The van der Waals surface area contributed by atoms with Crippen molar-refractivity contribution in [1.29, 1.82) is 0 Å². The van der Waals surface area contributed by atoms with E-state index in [4.69, 9.17) is 0 Å². The molecule has 10 rings (SSSR count). The van der Waals surface area contributed by atoms with Gasteiger partial charge >= 0.3 is 0 Å². The first-order chi connectivity index (χ1) is 27.7. The van der Waals surface area contributed by atoms with E-state index in [0.717, 1.165) is 44.5 Å². The lowest BCUT2D eigenvalue weighted by Gasteiger charge is -2.26. The van der Waals surface area contributed by atoms with Gasteiger partial charge < -0.3 is 4.90 Å². The second-order valence-corrected chi connectivity index (χ2v) is 14.3. The van der Waals surface area contributed by atoms with Gasteiger partial charge in [0.25, 0.3) is 0 Å². The molecule has 0 N–H and O–H groups in total. The van der Waals surface area contributed by atoms with E-state index in [9.17, 15) is 0 Å². The van der Waals surface area contributed by atoms with Crippen LogP contribution in [0.25, 0.3) is 76.8 Å². The number of hydrogen-bond donors (Lipinski definition) is 0. The molecule has 0 radical (unpaired) electrons. The Labute approximate surface area is 326 Å². The fourth-order valence-electron chi connectivity index (χ4n) is 8.15. The smallest absolute Gasteiger partial charge is 0.131 e. The summed E-state index contributed by atoms with van der Waals surface area (Å²) < 4.78 is 15.2. The first-order valence-corrected chi connectivity index (χ1v) is 19.0. The van der Waals surface area contributed by atoms with Gasteiger partial charge in [-0.05, 0) is 120 Å². The van der Waals surface area contributed by atoms with Crippen LogP contribution in [0.1, 0.15) is 0 Å². The van der Waals surface area contributed by atoms with E-state index in [-0.39, 0.29) is 5.82 Å². The largest absolute Gasteiger partial charge is 0.311 e. The highest BCUT2D eigenvalue weighted by atomic mass is 19.1. The highest BCUT2D eigenvalue weighted by Crippen LogP contribution is 2.41. The Kier molecular flexibility index (Phi) is 8.42. The third-order valence-corrected chi connectivity index (χ3v) is 10.9. The molecular weight excluding hydrogens is 682 g/mol. The number of nitrogens with zero attached hydrogens (tertiary/aromatic N) is 1. The van der Waals surface area contributed by atoms with Gasteiger partial charge in [-0.2, -0.15) is 0 Å². The van der Waals surface area contributed by atoms with Crippen LogP contribution in [0.2, 0.25) is 0 Å². The van der Waals surface area contributed by atoms with Gasteiger partial charge in [0.1, 0.15) is 5.82 Å². The molecule has 264 valence electrons. The van der Waals surface area contributed by atoms with E-state index in [2.05, 4.69) is 181 Å². The Hall–Kier alpha value is -7.29. The third-order valence-electron chi connectivity index (χ3n) is 10.9. The van der Waals surface area contributed by atoms with Crippen LogP contribution in [0, 0.1) is 5.82 Å². The molecule has 0 aliphatic rings. The van der Waals surface area contributed by atoms with Crippen LogP contribution in [0.5, 0.6) is 0 Å². The molecule has 0 spiro atoms. The molecule has 0 aliphatic carbocycles. The Balaban J connectivity index is 1.04. The number of hydrogen-bond acceptors (Lipinski definition) is 1. The van der Waals surface area contributed by atoms with Crippen molar-refractivity contribution in [3.8, 4) is 44.5 Å². The Bertz CT molecular complexity index is 3000. The number of rotatable bonds is 7. The minimum atomic E-state index is -0.223. The van der Waals surface area contributed by atoms with Crippen molar-refractivity contribution in [3.63, 3.8) is 0 Å². The van der Waals surface area contributed by atoms with Gasteiger partial charge in [-0.3, -0.25) is 0 Å². The molecule has 0 aliphatic heterocycles. The summed E-state index contributed by atoms with van der Waals surface area (Å²) in [5.74, 6) is -0.223. The predicted molar refractivity (Wildman–Crippen MR) is 235 cm³/mol. The maximum Gasteiger partial charge on any atom is 0.131 e. The number of fused-ring (bicyclic) bond motifs is 4. The second-order valence-electron chi connectivity index (χ2n) is 14.3. The topological polar surface area (TPSA) is 3.24 Å². The molecule has 0 saturated carbocycles. The lowest BCUT2D eigenvalue weighted by molar-refractivity contribution is 0.631. The molecule has 0 atom stereocenters. The fourth-order valence-corrected chi connectivity index (χ4v) is 8.15. The minimum Gasteiger partial charge on any atom is -0.311 e. The summed E-state index contributed by atoms with van der Waals surface area (Å²) in [4.78, 5) is 2.31. The van der Waals surface area contributed by atoms with Crippen molar-refractivity contribution < 1.29 is 4.39 Å². The Morgan fingerprint density at radius 3 is 1.46 bits per heavy atom. The van der Waals surface area contributed by atoms with Crippen molar-refractivity contribution in [1.82, 2.24) is 0 Å². The highest BCUT2D eigenvalue weighted by Gasteiger charge is 2.16. The zero-order valence-electron chi connectivity index (χ0n) is 30.6. The molecule has 0 fully saturated rings. The lowest BCUT2D eigenvalue weighted by atomic mass is 9.91. The van der Waals surface area contributed by atoms with Gasteiger partial charge in [0.2, 0.25) is 0 Å².